The highest BCUT2D eigenvalue weighted by atomic mass is 79.9. The summed E-state index contributed by atoms with van der Waals surface area (Å²) >= 11 is 3.39. The van der Waals surface area contributed by atoms with Crippen LogP contribution in [0.25, 0.3) is 11.0 Å². The Hall–Kier alpha value is -2.14. The normalized spacial score (nSPS) is 10.8. The molecule has 5 heteroatoms. The van der Waals surface area contributed by atoms with Gasteiger partial charge in [-0.05, 0) is 36.4 Å². The first kappa shape index (κ1) is 13.8. The standard InChI is InChI=1S/C16H14BrN3O/c1-19-10-18-14-9-13(6-7-15(14)19)20(2)16(21)11-4-3-5-12(17)8-11/h3-10H,1-2H3. The van der Waals surface area contributed by atoms with Crippen LogP contribution in [0.4, 0.5) is 5.69 Å². The van der Waals surface area contributed by atoms with Crippen LogP contribution in [0, 0.1) is 0 Å². The molecule has 0 N–H and O–H groups in total. The van der Waals surface area contributed by atoms with Crippen LogP contribution in [-0.4, -0.2) is 22.5 Å². The summed E-state index contributed by atoms with van der Waals surface area (Å²) in [7, 11) is 3.72. The van der Waals surface area contributed by atoms with Gasteiger partial charge in [0.25, 0.3) is 5.91 Å². The van der Waals surface area contributed by atoms with Crippen molar-refractivity contribution in [3.63, 3.8) is 0 Å². The van der Waals surface area contributed by atoms with Crippen molar-refractivity contribution in [2.24, 2.45) is 7.05 Å². The Balaban J connectivity index is 1.95. The van der Waals surface area contributed by atoms with Crippen LogP contribution >= 0.6 is 15.9 Å². The molecule has 0 atom stereocenters. The van der Waals surface area contributed by atoms with Crippen LogP contribution in [0.15, 0.2) is 53.3 Å². The number of aromatic nitrogens is 2. The minimum Gasteiger partial charge on any atom is -0.334 e. The van der Waals surface area contributed by atoms with Crippen LogP contribution in [0.2, 0.25) is 0 Å². The molecule has 4 nitrogen and oxygen atoms in total. The number of hydrogen-bond donors (Lipinski definition) is 0. The molecule has 3 aromatic rings. The lowest BCUT2D eigenvalue weighted by molar-refractivity contribution is 0.0993. The summed E-state index contributed by atoms with van der Waals surface area (Å²) in [6.07, 6.45) is 1.77. The third kappa shape index (κ3) is 2.56. The molecule has 1 aromatic heterocycles. The number of fused-ring (bicyclic) bond motifs is 1. The van der Waals surface area contributed by atoms with E-state index < -0.39 is 0 Å². The van der Waals surface area contributed by atoms with E-state index >= 15 is 0 Å². The Kier molecular flexibility index (Phi) is 3.51. The van der Waals surface area contributed by atoms with E-state index in [0.29, 0.717) is 5.56 Å². The summed E-state index contributed by atoms with van der Waals surface area (Å²) in [5.74, 6) is -0.0495. The monoisotopic (exact) mass is 343 g/mol. The Morgan fingerprint density at radius 1 is 1.24 bits per heavy atom. The zero-order valence-electron chi connectivity index (χ0n) is 11.7. The van der Waals surface area contributed by atoms with Gasteiger partial charge in [-0.3, -0.25) is 4.79 Å². The molecule has 0 saturated heterocycles. The zero-order valence-corrected chi connectivity index (χ0v) is 13.3. The number of benzene rings is 2. The molecule has 106 valence electrons. The van der Waals surface area contributed by atoms with Crippen LogP contribution in [0.3, 0.4) is 0 Å². The van der Waals surface area contributed by atoms with Gasteiger partial charge in [-0.1, -0.05) is 22.0 Å². The van der Waals surface area contributed by atoms with E-state index in [1.165, 1.54) is 0 Å². The SMILES string of the molecule is CN(C(=O)c1cccc(Br)c1)c1ccc2c(c1)ncn2C. The smallest absolute Gasteiger partial charge is 0.258 e. The van der Waals surface area contributed by atoms with Crippen LogP contribution in [-0.2, 0) is 7.05 Å². The molecular formula is C16H14BrN3O. The minimum atomic E-state index is -0.0495. The third-order valence-corrected chi connectivity index (χ3v) is 3.97. The van der Waals surface area contributed by atoms with Crippen molar-refractivity contribution in [1.29, 1.82) is 0 Å². The third-order valence-electron chi connectivity index (χ3n) is 3.47. The summed E-state index contributed by atoms with van der Waals surface area (Å²) in [6.45, 7) is 0. The largest absolute Gasteiger partial charge is 0.334 e. The Labute approximate surface area is 131 Å². The number of carbonyl (C=O) groups excluding carboxylic acids is 1. The fourth-order valence-electron chi connectivity index (χ4n) is 2.27. The highest BCUT2D eigenvalue weighted by molar-refractivity contribution is 9.10. The average Bonchev–Trinajstić information content (AvgIpc) is 2.86. The van der Waals surface area contributed by atoms with Crippen molar-refractivity contribution < 1.29 is 4.79 Å². The maximum absolute atomic E-state index is 12.5. The summed E-state index contributed by atoms with van der Waals surface area (Å²) in [5.41, 5.74) is 3.39. The number of rotatable bonds is 2. The van der Waals surface area contributed by atoms with E-state index in [9.17, 15) is 4.79 Å². The first-order valence-electron chi connectivity index (χ1n) is 6.51. The van der Waals surface area contributed by atoms with Gasteiger partial charge in [0.15, 0.2) is 0 Å². The Morgan fingerprint density at radius 2 is 2.05 bits per heavy atom. The highest BCUT2D eigenvalue weighted by Gasteiger charge is 2.14. The van der Waals surface area contributed by atoms with Gasteiger partial charge < -0.3 is 9.47 Å². The van der Waals surface area contributed by atoms with Gasteiger partial charge in [0.1, 0.15) is 0 Å². The maximum atomic E-state index is 12.5. The molecule has 1 amide bonds. The predicted molar refractivity (Wildman–Crippen MR) is 87.6 cm³/mol. The number of aryl methyl sites for hydroxylation is 1. The molecule has 2 aromatic carbocycles. The van der Waals surface area contributed by atoms with Crippen molar-refractivity contribution in [1.82, 2.24) is 9.55 Å². The topological polar surface area (TPSA) is 38.1 Å². The molecule has 0 radical (unpaired) electrons. The minimum absolute atomic E-state index is 0.0495. The van der Waals surface area contributed by atoms with Gasteiger partial charge in [-0.15, -0.1) is 0 Å². The quantitative estimate of drug-likeness (QED) is 0.712. The average molecular weight is 344 g/mol. The predicted octanol–water partition coefficient (Wildman–Crippen LogP) is 3.61. The van der Waals surface area contributed by atoms with E-state index in [4.69, 9.17) is 0 Å². The molecule has 0 fully saturated rings. The summed E-state index contributed by atoms with van der Waals surface area (Å²) < 4.78 is 2.84. The summed E-state index contributed by atoms with van der Waals surface area (Å²) in [5, 5.41) is 0. The molecule has 0 aliphatic rings. The van der Waals surface area contributed by atoms with E-state index in [-0.39, 0.29) is 5.91 Å². The van der Waals surface area contributed by atoms with Gasteiger partial charge in [0, 0.05) is 29.8 Å². The second kappa shape index (κ2) is 5.33. The zero-order chi connectivity index (χ0) is 15.0. The molecular weight excluding hydrogens is 330 g/mol. The number of hydrogen-bond acceptors (Lipinski definition) is 2. The Bertz CT molecular complexity index is 825. The molecule has 0 bridgehead atoms. The van der Waals surface area contributed by atoms with E-state index in [1.807, 2.05) is 54.1 Å². The maximum Gasteiger partial charge on any atom is 0.258 e. The van der Waals surface area contributed by atoms with Gasteiger partial charge >= 0.3 is 0 Å². The van der Waals surface area contributed by atoms with Crippen molar-refractivity contribution in [2.45, 2.75) is 0 Å². The van der Waals surface area contributed by atoms with Crippen molar-refractivity contribution >= 4 is 38.6 Å². The lowest BCUT2D eigenvalue weighted by atomic mass is 10.2. The summed E-state index contributed by atoms with van der Waals surface area (Å²) in [6, 6.07) is 13.2. The fraction of sp³-hybridized carbons (Fsp3) is 0.125. The van der Waals surface area contributed by atoms with Gasteiger partial charge in [-0.25, -0.2) is 4.98 Å². The fourth-order valence-corrected chi connectivity index (χ4v) is 2.66. The van der Waals surface area contributed by atoms with Gasteiger partial charge in [0.05, 0.1) is 17.4 Å². The van der Waals surface area contributed by atoms with E-state index in [0.717, 1.165) is 21.2 Å². The van der Waals surface area contributed by atoms with Crippen molar-refractivity contribution in [3.05, 3.63) is 58.8 Å². The molecule has 3 rings (SSSR count). The van der Waals surface area contributed by atoms with Gasteiger partial charge in [-0.2, -0.15) is 0 Å². The molecule has 0 spiro atoms. The molecule has 0 unspecified atom stereocenters. The molecule has 21 heavy (non-hydrogen) atoms. The van der Waals surface area contributed by atoms with Crippen molar-refractivity contribution in [2.75, 3.05) is 11.9 Å². The molecule has 1 heterocycles. The number of anilines is 1. The van der Waals surface area contributed by atoms with E-state index in [1.54, 1.807) is 18.3 Å². The number of nitrogens with zero attached hydrogens (tertiary/aromatic N) is 3. The van der Waals surface area contributed by atoms with Crippen LogP contribution in [0.5, 0.6) is 0 Å². The summed E-state index contributed by atoms with van der Waals surface area (Å²) in [4.78, 5) is 18.5. The Morgan fingerprint density at radius 3 is 2.81 bits per heavy atom. The molecule has 0 saturated carbocycles. The number of amides is 1. The van der Waals surface area contributed by atoms with Gasteiger partial charge in [0.2, 0.25) is 0 Å². The lowest BCUT2D eigenvalue weighted by Gasteiger charge is -2.17. The molecule has 0 aliphatic carbocycles. The molecule has 0 aliphatic heterocycles. The van der Waals surface area contributed by atoms with Crippen molar-refractivity contribution in [3.8, 4) is 0 Å². The number of carbonyl (C=O) groups is 1. The second-order valence-electron chi connectivity index (χ2n) is 4.90. The number of halogens is 1. The lowest BCUT2D eigenvalue weighted by Crippen LogP contribution is -2.26. The van der Waals surface area contributed by atoms with Crippen LogP contribution in [0.1, 0.15) is 10.4 Å². The second-order valence-corrected chi connectivity index (χ2v) is 5.82. The van der Waals surface area contributed by atoms with E-state index in [2.05, 4.69) is 20.9 Å². The highest BCUT2D eigenvalue weighted by Crippen LogP contribution is 2.22. The van der Waals surface area contributed by atoms with Crippen LogP contribution < -0.4 is 4.90 Å². The first-order chi connectivity index (χ1) is 10.1. The first-order valence-corrected chi connectivity index (χ1v) is 7.30. The number of imidazole rings is 1.